The molecular weight excluding hydrogens is 495 g/mol. The number of methoxy groups -OCH3 is 2. The Morgan fingerprint density at radius 3 is 2.36 bits per heavy atom. The molecule has 3 aromatic rings. The second-order valence-corrected chi connectivity index (χ2v) is 10.6. The molecule has 6 nitrogen and oxygen atoms in total. The molecule has 7 heteroatoms. The fraction of sp³-hybridized carbons (Fsp3) is 0.438. The van der Waals surface area contributed by atoms with Crippen molar-refractivity contribution in [2.45, 2.75) is 52.4 Å². The Morgan fingerprint density at radius 2 is 1.67 bits per heavy atom. The Bertz CT molecular complexity index is 1270. The highest BCUT2D eigenvalue weighted by molar-refractivity contribution is 5.89. The van der Waals surface area contributed by atoms with E-state index in [2.05, 4.69) is 19.2 Å². The van der Waals surface area contributed by atoms with Crippen molar-refractivity contribution in [1.82, 2.24) is 5.32 Å². The molecule has 0 saturated heterocycles. The van der Waals surface area contributed by atoms with Gasteiger partial charge in [-0.2, -0.15) is 0 Å². The van der Waals surface area contributed by atoms with Crippen molar-refractivity contribution < 1.29 is 23.7 Å². The van der Waals surface area contributed by atoms with Gasteiger partial charge in [-0.3, -0.25) is 0 Å². The van der Waals surface area contributed by atoms with E-state index in [1.165, 1.54) is 14.2 Å². The van der Waals surface area contributed by atoms with Gasteiger partial charge in [0.1, 0.15) is 18.1 Å². The van der Waals surface area contributed by atoms with Crippen LogP contribution in [0.3, 0.4) is 0 Å². The molecule has 0 atom stereocenters. The Balaban J connectivity index is 1.66. The maximum atomic E-state index is 15.5. The number of nitrogen functional groups attached to an aromatic ring is 1. The molecule has 0 aromatic heterocycles. The maximum absolute atomic E-state index is 15.5. The Morgan fingerprint density at radius 1 is 0.949 bits per heavy atom. The summed E-state index contributed by atoms with van der Waals surface area (Å²) in [6.07, 6.45) is 5.35. The average Bonchev–Trinajstić information content (AvgIpc) is 2.94. The number of aryl methyl sites for hydroxylation is 1. The van der Waals surface area contributed by atoms with Gasteiger partial charge in [-0.25, -0.2) is 4.39 Å². The van der Waals surface area contributed by atoms with Gasteiger partial charge in [0.25, 0.3) is 0 Å². The minimum absolute atomic E-state index is 0.0389. The molecule has 0 saturated carbocycles. The zero-order valence-corrected chi connectivity index (χ0v) is 23.5. The van der Waals surface area contributed by atoms with Crippen molar-refractivity contribution >= 4 is 5.69 Å². The number of ether oxygens (including phenoxy) is 3. The summed E-state index contributed by atoms with van der Waals surface area (Å²) in [5.41, 5.74) is 11.3. The molecule has 0 amide bonds. The van der Waals surface area contributed by atoms with E-state index in [9.17, 15) is 5.11 Å². The number of phenolic OH excluding ortho intramolecular Hbond substituents is 1. The molecule has 3 aromatic carbocycles. The molecule has 1 aliphatic rings. The summed E-state index contributed by atoms with van der Waals surface area (Å²) in [4.78, 5) is 0. The third kappa shape index (κ3) is 6.41. The maximum Gasteiger partial charge on any atom is 0.199 e. The second-order valence-electron chi connectivity index (χ2n) is 10.6. The molecule has 1 aliphatic carbocycles. The van der Waals surface area contributed by atoms with Gasteiger partial charge in [0.05, 0.1) is 19.9 Å². The monoisotopic (exact) mass is 536 g/mol. The Labute approximate surface area is 231 Å². The number of hydrogen-bond donors (Lipinski definition) is 3. The van der Waals surface area contributed by atoms with Gasteiger partial charge in [0, 0.05) is 29.7 Å². The van der Waals surface area contributed by atoms with Gasteiger partial charge in [-0.15, -0.1) is 0 Å². The summed E-state index contributed by atoms with van der Waals surface area (Å²) in [6, 6.07) is 11.5. The summed E-state index contributed by atoms with van der Waals surface area (Å²) in [5, 5.41) is 14.4. The molecule has 0 heterocycles. The summed E-state index contributed by atoms with van der Waals surface area (Å²) in [5.74, 6) is 1.09. The van der Waals surface area contributed by atoms with Crippen LogP contribution >= 0.6 is 0 Å². The zero-order chi connectivity index (χ0) is 27.9. The van der Waals surface area contributed by atoms with Crippen molar-refractivity contribution in [1.29, 1.82) is 0 Å². The van der Waals surface area contributed by atoms with Crippen LogP contribution in [0.15, 0.2) is 36.4 Å². The lowest BCUT2D eigenvalue weighted by molar-refractivity contribution is 0.312. The number of benzene rings is 3. The van der Waals surface area contributed by atoms with E-state index in [-0.39, 0.29) is 22.9 Å². The SMILES string of the molecule is COc1c(F)c(N)c(-c2c(O)ccc3c2CCCC3)c(Cc2ccc(OCCNCCC(C)C)cc2)c1OC. The molecule has 0 aliphatic heterocycles. The molecule has 39 heavy (non-hydrogen) atoms. The minimum atomic E-state index is -0.688. The van der Waals surface area contributed by atoms with Crippen LogP contribution in [0.1, 0.15) is 55.4 Å². The van der Waals surface area contributed by atoms with Crippen LogP contribution in [0, 0.1) is 11.7 Å². The first-order valence-electron chi connectivity index (χ1n) is 13.8. The average molecular weight is 537 g/mol. The summed E-state index contributed by atoms with van der Waals surface area (Å²) < 4.78 is 32.5. The topological polar surface area (TPSA) is 86.0 Å². The number of halogens is 1. The van der Waals surface area contributed by atoms with Crippen LogP contribution in [-0.2, 0) is 19.3 Å². The number of anilines is 1. The van der Waals surface area contributed by atoms with E-state index < -0.39 is 5.82 Å². The third-order valence-corrected chi connectivity index (χ3v) is 7.41. The number of nitrogens with one attached hydrogen (secondary N) is 1. The third-order valence-electron chi connectivity index (χ3n) is 7.41. The Kier molecular flexibility index (Phi) is 9.57. The van der Waals surface area contributed by atoms with E-state index in [0.717, 1.165) is 67.6 Å². The molecule has 0 unspecified atom stereocenters. The normalized spacial score (nSPS) is 12.9. The van der Waals surface area contributed by atoms with Crippen LogP contribution < -0.4 is 25.3 Å². The van der Waals surface area contributed by atoms with Gasteiger partial charge in [-0.1, -0.05) is 32.0 Å². The quantitative estimate of drug-likeness (QED) is 0.187. The highest BCUT2D eigenvalue weighted by atomic mass is 19.1. The van der Waals surface area contributed by atoms with Gasteiger partial charge in [-0.05, 0) is 79.5 Å². The van der Waals surface area contributed by atoms with Crippen LogP contribution in [0.2, 0.25) is 0 Å². The predicted octanol–water partition coefficient (Wildman–Crippen LogP) is 6.28. The van der Waals surface area contributed by atoms with Crippen molar-refractivity contribution in [3.05, 3.63) is 64.5 Å². The number of phenols is 1. The number of fused-ring (bicyclic) bond motifs is 1. The molecule has 4 N–H and O–H groups in total. The number of nitrogens with two attached hydrogens (primary N) is 1. The molecule has 0 bridgehead atoms. The Hall–Kier alpha value is -3.45. The highest BCUT2D eigenvalue weighted by Gasteiger charge is 2.29. The first-order chi connectivity index (χ1) is 18.8. The van der Waals surface area contributed by atoms with E-state index in [4.69, 9.17) is 19.9 Å². The molecule has 0 spiro atoms. The highest BCUT2D eigenvalue weighted by Crippen LogP contribution is 2.50. The smallest absolute Gasteiger partial charge is 0.199 e. The van der Waals surface area contributed by atoms with Crippen LogP contribution in [0.25, 0.3) is 11.1 Å². The predicted molar refractivity (Wildman–Crippen MR) is 155 cm³/mol. The van der Waals surface area contributed by atoms with E-state index in [1.54, 1.807) is 6.07 Å². The fourth-order valence-electron chi connectivity index (χ4n) is 5.36. The van der Waals surface area contributed by atoms with Crippen molar-refractivity contribution in [3.8, 4) is 34.1 Å². The molecular formula is C32H41FN2O4. The van der Waals surface area contributed by atoms with Gasteiger partial charge >= 0.3 is 0 Å². The number of hydrogen-bond acceptors (Lipinski definition) is 6. The number of aromatic hydroxyl groups is 1. The van der Waals surface area contributed by atoms with Gasteiger partial charge in [0.2, 0.25) is 0 Å². The van der Waals surface area contributed by atoms with Crippen LogP contribution in [0.5, 0.6) is 23.0 Å². The largest absolute Gasteiger partial charge is 0.507 e. The van der Waals surface area contributed by atoms with E-state index >= 15 is 4.39 Å². The minimum Gasteiger partial charge on any atom is -0.507 e. The summed E-state index contributed by atoms with van der Waals surface area (Å²) >= 11 is 0. The standard InChI is InChI=1S/C32H41FN2O4/c1-20(2)15-16-35-17-18-39-23-12-9-21(10-13-23)19-25-28(30(34)29(33)32(38-4)31(25)37-3)27-24-8-6-5-7-22(24)11-14-26(27)36/h9-14,20,35-36H,5-8,15-19,34H2,1-4H3. The van der Waals surface area contributed by atoms with Crippen molar-refractivity contribution in [2.24, 2.45) is 5.92 Å². The molecule has 0 fully saturated rings. The van der Waals surface area contributed by atoms with E-state index in [0.29, 0.717) is 35.6 Å². The lowest BCUT2D eigenvalue weighted by Crippen LogP contribution is -2.23. The van der Waals surface area contributed by atoms with Crippen LogP contribution in [-0.4, -0.2) is 39.0 Å². The zero-order valence-electron chi connectivity index (χ0n) is 23.5. The lowest BCUT2D eigenvalue weighted by atomic mass is 9.82. The van der Waals surface area contributed by atoms with Crippen LogP contribution in [0.4, 0.5) is 10.1 Å². The van der Waals surface area contributed by atoms with Gasteiger partial charge in [0.15, 0.2) is 17.3 Å². The second kappa shape index (κ2) is 13.1. The first kappa shape index (κ1) is 28.6. The fourth-order valence-corrected chi connectivity index (χ4v) is 5.36. The number of rotatable bonds is 12. The summed E-state index contributed by atoms with van der Waals surface area (Å²) in [6.45, 7) is 6.78. The van der Waals surface area contributed by atoms with E-state index in [1.807, 2.05) is 30.3 Å². The molecule has 0 radical (unpaired) electrons. The summed E-state index contributed by atoms with van der Waals surface area (Å²) in [7, 11) is 2.89. The first-order valence-corrected chi connectivity index (χ1v) is 13.8. The molecule has 4 rings (SSSR count). The lowest BCUT2D eigenvalue weighted by Gasteiger charge is -2.25. The molecule has 210 valence electrons. The van der Waals surface area contributed by atoms with Crippen molar-refractivity contribution in [3.63, 3.8) is 0 Å². The van der Waals surface area contributed by atoms with Gasteiger partial charge < -0.3 is 30.4 Å². The van der Waals surface area contributed by atoms with Crippen molar-refractivity contribution in [2.75, 3.05) is 39.6 Å².